The highest BCUT2D eigenvalue weighted by Gasteiger charge is 2.55. The van der Waals surface area contributed by atoms with Gasteiger partial charge in [-0.05, 0) is 76.5 Å². The molecule has 2 saturated heterocycles. The van der Waals surface area contributed by atoms with Gasteiger partial charge in [0.15, 0.2) is 0 Å². The van der Waals surface area contributed by atoms with Crippen molar-refractivity contribution in [3.63, 3.8) is 0 Å². The van der Waals surface area contributed by atoms with E-state index in [1.807, 2.05) is 0 Å². The van der Waals surface area contributed by atoms with Gasteiger partial charge >= 0.3 is 0 Å². The highest BCUT2D eigenvalue weighted by atomic mass is 16.5. The molecule has 3 N–H and O–H groups in total. The number of carbonyl (C=O) groups excluding carboxylic acids is 1. The van der Waals surface area contributed by atoms with Gasteiger partial charge in [-0.1, -0.05) is 0 Å². The second kappa shape index (κ2) is 8.17. The van der Waals surface area contributed by atoms with E-state index in [-0.39, 0.29) is 18.1 Å². The molecule has 0 aromatic carbocycles. The van der Waals surface area contributed by atoms with Crippen LogP contribution in [0.4, 0.5) is 5.95 Å². The van der Waals surface area contributed by atoms with Crippen LogP contribution in [0.5, 0.6) is 0 Å². The number of aliphatic hydroxyl groups is 1. The SMILES string of the molecule is C[C@@H]1CN(c2ncc(C(=O)N[C@H]3C4CC5CC3C[C@@](O)(C5)C4)c([C@H]3CCCO3)n2)C[C@H](C)N1. The molecular weight excluding hydrogens is 418 g/mol. The van der Waals surface area contributed by atoms with Crippen LogP contribution in [0.1, 0.15) is 80.9 Å². The number of amides is 1. The van der Waals surface area contributed by atoms with Gasteiger partial charge in [-0.15, -0.1) is 0 Å². The maximum absolute atomic E-state index is 13.6. The van der Waals surface area contributed by atoms with E-state index in [0.717, 1.165) is 63.7 Å². The minimum absolute atomic E-state index is 0.0847. The molecule has 0 spiro atoms. The van der Waals surface area contributed by atoms with Gasteiger partial charge in [0.1, 0.15) is 6.10 Å². The summed E-state index contributed by atoms with van der Waals surface area (Å²) in [5.74, 6) is 1.97. The van der Waals surface area contributed by atoms with Crippen molar-refractivity contribution in [1.82, 2.24) is 20.6 Å². The van der Waals surface area contributed by atoms with Crippen molar-refractivity contribution in [2.24, 2.45) is 17.8 Å². The number of rotatable bonds is 4. The summed E-state index contributed by atoms with van der Waals surface area (Å²) < 4.78 is 5.98. The maximum Gasteiger partial charge on any atom is 0.255 e. The molecule has 3 heterocycles. The van der Waals surface area contributed by atoms with Gasteiger partial charge in [-0.25, -0.2) is 9.97 Å². The Bertz CT molecular complexity index is 893. The summed E-state index contributed by atoms with van der Waals surface area (Å²) in [7, 11) is 0. The Labute approximate surface area is 195 Å². The van der Waals surface area contributed by atoms with Gasteiger partial charge in [-0.3, -0.25) is 4.79 Å². The second-order valence-corrected chi connectivity index (χ2v) is 11.5. The zero-order valence-electron chi connectivity index (χ0n) is 19.8. The van der Waals surface area contributed by atoms with Crippen molar-refractivity contribution < 1.29 is 14.6 Å². The molecule has 2 unspecified atom stereocenters. The Morgan fingerprint density at radius 1 is 1.21 bits per heavy atom. The molecule has 33 heavy (non-hydrogen) atoms. The van der Waals surface area contributed by atoms with Crippen LogP contribution in [0.15, 0.2) is 6.20 Å². The summed E-state index contributed by atoms with van der Waals surface area (Å²) in [5.41, 5.74) is 0.786. The molecule has 1 amide bonds. The first kappa shape index (κ1) is 21.7. The van der Waals surface area contributed by atoms with Crippen LogP contribution in [-0.4, -0.2) is 64.4 Å². The molecule has 0 radical (unpaired) electrons. The Morgan fingerprint density at radius 2 is 1.94 bits per heavy atom. The molecular formula is C25H37N5O3. The molecule has 7 rings (SSSR count). The minimum Gasteiger partial charge on any atom is -0.390 e. The molecule has 4 aliphatic carbocycles. The number of hydrogen-bond donors (Lipinski definition) is 3. The van der Waals surface area contributed by atoms with E-state index in [4.69, 9.17) is 9.72 Å². The smallest absolute Gasteiger partial charge is 0.255 e. The number of anilines is 1. The third-order valence-electron chi connectivity index (χ3n) is 8.66. The molecule has 8 heteroatoms. The van der Waals surface area contributed by atoms with E-state index in [1.54, 1.807) is 6.20 Å². The number of ether oxygens (including phenoxy) is 1. The average Bonchev–Trinajstić information content (AvgIpc) is 3.29. The highest BCUT2D eigenvalue weighted by molar-refractivity contribution is 5.95. The number of aromatic nitrogens is 2. The van der Waals surface area contributed by atoms with Crippen LogP contribution < -0.4 is 15.5 Å². The van der Waals surface area contributed by atoms with E-state index < -0.39 is 5.60 Å². The molecule has 4 saturated carbocycles. The first-order chi connectivity index (χ1) is 15.9. The van der Waals surface area contributed by atoms with Crippen molar-refractivity contribution in [2.75, 3.05) is 24.6 Å². The van der Waals surface area contributed by atoms with Gasteiger partial charge in [0.05, 0.1) is 16.9 Å². The first-order valence-corrected chi connectivity index (χ1v) is 12.9. The number of nitrogens with zero attached hydrogens (tertiary/aromatic N) is 3. The van der Waals surface area contributed by atoms with Gasteiger partial charge < -0.3 is 25.4 Å². The zero-order valence-corrected chi connectivity index (χ0v) is 19.8. The third kappa shape index (κ3) is 4.04. The van der Waals surface area contributed by atoms with Gasteiger partial charge in [0.25, 0.3) is 5.91 Å². The second-order valence-electron chi connectivity index (χ2n) is 11.5. The molecule has 2 aliphatic heterocycles. The van der Waals surface area contributed by atoms with E-state index in [0.29, 0.717) is 48.0 Å². The summed E-state index contributed by atoms with van der Waals surface area (Å²) in [6.07, 6.45) is 8.27. The lowest BCUT2D eigenvalue weighted by Crippen LogP contribution is -2.61. The van der Waals surface area contributed by atoms with Gasteiger partial charge in [-0.2, -0.15) is 0 Å². The number of nitrogens with one attached hydrogen (secondary N) is 2. The fraction of sp³-hybridized carbons (Fsp3) is 0.800. The fourth-order valence-electron chi connectivity index (χ4n) is 7.69. The van der Waals surface area contributed by atoms with Gasteiger partial charge in [0, 0.05) is 44.0 Å². The van der Waals surface area contributed by atoms with Crippen molar-refractivity contribution in [1.29, 1.82) is 0 Å². The standard InChI is InChI=1S/C25H37N5O3/c1-14-12-30(13-15(2)27-14)24-26-11-19(22(29-24)20-4-3-5-33-20)23(31)28-21-17-6-16-7-18(21)10-25(32,8-16)9-17/h11,14-18,20-21,27,32H,3-10,12-13H2,1-2H3,(H,28,31)/t14-,15+,16?,17?,18?,20-,21-,25+/m1/s1. The van der Waals surface area contributed by atoms with Crippen LogP contribution >= 0.6 is 0 Å². The van der Waals surface area contributed by atoms with Crippen molar-refractivity contribution in [3.05, 3.63) is 17.5 Å². The van der Waals surface area contributed by atoms with Crippen molar-refractivity contribution in [2.45, 2.75) is 88.6 Å². The molecule has 8 nitrogen and oxygen atoms in total. The van der Waals surface area contributed by atoms with Crippen LogP contribution in [0, 0.1) is 17.8 Å². The summed E-state index contributed by atoms with van der Waals surface area (Å²) in [4.78, 5) is 25.3. The van der Waals surface area contributed by atoms with Crippen LogP contribution in [0.2, 0.25) is 0 Å². The lowest BCUT2D eigenvalue weighted by Gasteiger charge is -2.58. The number of hydrogen-bond acceptors (Lipinski definition) is 7. The Morgan fingerprint density at radius 3 is 2.58 bits per heavy atom. The summed E-state index contributed by atoms with van der Waals surface area (Å²) in [5, 5.41) is 17.8. The topological polar surface area (TPSA) is 99.6 Å². The van der Waals surface area contributed by atoms with E-state index in [1.165, 1.54) is 0 Å². The largest absolute Gasteiger partial charge is 0.390 e. The molecule has 1 aromatic heterocycles. The van der Waals surface area contributed by atoms with E-state index in [2.05, 4.69) is 34.4 Å². The van der Waals surface area contributed by atoms with E-state index in [9.17, 15) is 9.90 Å². The highest BCUT2D eigenvalue weighted by Crippen LogP contribution is 2.55. The Kier molecular flexibility index (Phi) is 5.38. The molecule has 5 atom stereocenters. The monoisotopic (exact) mass is 455 g/mol. The maximum atomic E-state index is 13.6. The third-order valence-corrected chi connectivity index (χ3v) is 8.66. The quantitative estimate of drug-likeness (QED) is 0.640. The first-order valence-electron chi connectivity index (χ1n) is 12.9. The minimum atomic E-state index is -0.497. The summed E-state index contributed by atoms with van der Waals surface area (Å²) in [6.45, 7) is 6.74. The lowest BCUT2D eigenvalue weighted by molar-refractivity contribution is -0.136. The molecule has 6 aliphatic rings. The predicted molar refractivity (Wildman–Crippen MR) is 124 cm³/mol. The summed E-state index contributed by atoms with van der Waals surface area (Å²) >= 11 is 0. The Hall–Kier alpha value is -1.77. The van der Waals surface area contributed by atoms with Crippen molar-refractivity contribution in [3.8, 4) is 0 Å². The fourth-order valence-corrected chi connectivity index (χ4v) is 7.69. The number of piperazine rings is 1. The van der Waals surface area contributed by atoms with Gasteiger partial charge in [0.2, 0.25) is 5.95 Å². The van der Waals surface area contributed by atoms with Crippen LogP contribution in [-0.2, 0) is 4.74 Å². The van der Waals surface area contributed by atoms with Crippen molar-refractivity contribution >= 4 is 11.9 Å². The molecule has 6 fully saturated rings. The average molecular weight is 456 g/mol. The molecule has 4 bridgehead atoms. The van der Waals surface area contributed by atoms with Crippen LogP contribution in [0.25, 0.3) is 0 Å². The molecule has 1 aromatic rings. The van der Waals surface area contributed by atoms with Crippen LogP contribution in [0.3, 0.4) is 0 Å². The molecule has 180 valence electrons. The lowest BCUT2D eigenvalue weighted by atomic mass is 9.52. The Balaban J connectivity index is 1.25. The van der Waals surface area contributed by atoms with E-state index >= 15 is 0 Å². The summed E-state index contributed by atoms with van der Waals surface area (Å²) in [6, 6.07) is 0.859. The zero-order chi connectivity index (χ0) is 22.7. The normalized spacial score (nSPS) is 42.0. The predicted octanol–water partition coefficient (Wildman–Crippen LogP) is 2.18. The number of carbonyl (C=O) groups is 1.